The highest BCUT2D eigenvalue weighted by Gasteiger charge is 2.12. The van der Waals surface area contributed by atoms with Crippen LogP contribution in [0.15, 0.2) is 48.9 Å². The standard InChI is InChI=1S/C15H9N5O/c16-7-11-3-4-14(18-8-11)15-6-12(10-21)19-20(15)13-2-1-5-17-9-13/h1-6,8-10H. The first-order chi connectivity index (χ1) is 10.3. The van der Waals surface area contributed by atoms with E-state index in [9.17, 15) is 4.79 Å². The second kappa shape index (κ2) is 5.35. The number of pyridine rings is 2. The molecule has 0 bridgehead atoms. The zero-order valence-electron chi connectivity index (χ0n) is 10.8. The largest absolute Gasteiger partial charge is 0.296 e. The van der Waals surface area contributed by atoms with E-state index in [0.29, 0.717) is 28.9 Å². The van der Waals surface area contributed by atoms with Crippen molar-refractivity contribution in [2.45, 2.75) is 0 Å². The summed E-state index contributed by atoms with van der Waals surface area (Å²) >= 11 is 0. The van der Waals surface area contributed by atoms with Crippen LogP contribution in [-0.2, 0) is 0 Å². The summed E-state index contributed by atoms with van der Waals surface area (Å²) in [5, 5.41) is 13.0. The van der Waals surface area contributed by atoms with Crippen molar-refractivity contribution >= 4 is 6.29 Å². The SMILES string of the molecule is N#Cc1ccc(-c2cc(C=O)nn2-c2cccnc2)nc1. The molecule has 0 aliphatic rings. The highest BCUT2D eigenvalue weighted by Crippen LogP contribution is 2.21. The third-order valence-corrected chi connectivity index (χ3v) is 2.89. The summed E-state index contributed by atoms with van der Waals surface area (Å²) in [6.45, 7) is 0. The molecule has 21 heavy (non-hydrogen) atoms. The molecular weight excluding hydrogens is 266 g/mol. The molecule has 6 nitrogen and oxygen atoms in total. The van der Waals surface area contributed by atoms with Gasteiger partial charge in [0.05, 0.1) is 28.8 Å². The predicted molar refractivity (Wildman–Crippen MR) is 74.7 cm³/mol. The van der Waals surface area contributed by atoms with Crippen LogP contribution in [0.1, 0.15) is 16.1 Å². The van der Waals surface area contributed by atoms with Crippen molar-refractivity contribution in [1.29, 1.82) is 5.26 Å². The van der Waals surface area contributed by atoms with Crippen LogP contribution in [0, 0.1) is 11.3 Å². The lowest BCUT2D eigenvalue weighted by Gasteiger charge is -2.06. The molecule has 0 saturated heterocycles. The average molecular weight is 275 g/mol. The molecule has 0 aliphatic heterocycles. The van der Waals surface area contributed by atoms with Gasteiger partial charge in [-0.2, -0.15) is 10.4 Å². The van der Waals surface area contributed by atoms with Gasteiger partial charge in [0.1, 0.15) is 11.8 Å². The second-order valence-corrected chi connectivity index (χ2v) is 4.24. The molecule has 0 aromatic carbocycles. The lowest BCUT2D eigenvalue weighted by molar-refractivity contribution is 0.111. The smallest absolute Gasteiger partial charge is 0.170 e. The number of carbonyl (C=O) groups excluding carboxylic acids is 1. The Bertz CT molecular complexity index is 816. The number of nitrogens with zero attached hydrogens (tertiary/aromatic N) is 5. The first-order valence-electron chi connectivity index (χ1n) is 6.14. The number of hydrogen-bond acceptors (Lipinski definition) is 5. The molecule has 3 aromatic rings. The number of aldehydes is 1. The molecule has 100 valence electrons. The molecule has 3 rings (SSSR count). The summed E-state index contributed by atoms with van der Waals surface area (Å²) in [7, 11) is 0. The fourth-order valence-electron chi connectivity index (χ4n) is 1.93. The lowest BCUT2D eigenvalue weighted by Crippen LogP contribution is -2.00. The molecule has 0 atom stereocenters. The van der Waals surface area contributed by atoms with E-state index in [4.69, 9.17) is 5.26 Å². The molecule has 0 unspecified atom stereocenters. The molecule has 0 aliphatic carbocycles. The van der Waals surface area contributed by atoms with Crippen molar-refractivity contribution in [2.75, 3.05) is 0 Å². The monoisotopic (exact) mass is 275 g/mol. The van der Waals surface area contributed by atoms with E-state index < -0.39 is 0 Å². The van der Waals surface area contributed by atoms with Crippen LogP contribution in [0.2, 0.25) is 0 Å². The van der Waals surface area contributed by atoms with Crippen LogP contribution in [0.25, 0.3) is 17.1 Å². The zero-order valence-corrected chi connectivity index (χ0v) is 10.8. The number of rotatable bonds is 3. The quantitative estimate of drug-likeness (QED) is 0.683. The Kier molecular flexibility index (Phi) is 3.23. The second-order valence-electron chi connectivity index (χ2n) is 4.24. The number of carbonyl (C=O) groups is 1. The van der Waals surface area contributed by atoms with Crippen molar-refractivity contribution in [2.24, 2.45) is 0 Å². The Hall–Kier alpha value is -3.33. The number of nitriles is 1. The molecule has 6 heteroatoms. The van der Waals surface area contributed by atoms with E-state index in [1.165, 1.54) is 6.20 Å². The Labute approximate surface area is 120 Å². The van der Waals surface area contributed by atoms with Crippen molar-refractivity contribution in [3.8, 4) is 23.1 Å². The Morgan fingerprint density at radius 1 is 1.24 bits per heavy atom. The van der Waals surface area contributed by atoms with Crippen LogP contribution in [0.5, 0.6) is 0 Å². The van der Waals surface area contributed by atoms with Crippen LogP contribution in [0.4, 0.5) is 0 Å². The molecule has 0 amide bonds. The highest BCUT2D eigenvalue weighted by atomic mass is 16.1. The minimum atomic E-state index is 0.306. The minimum Gasteiger partial charge on any atom is -0.296 e. The fraction of sp³-hybridized carbons (Fsp3) is 0. The van der Waals surface area contributed by atoms with Gasteiger partial charge < -0.3 is 0 Å². The van der Waals surface area contributed by atoms with Crippen molar-refractivity contribution < 1.29 is 4.79 Å². The molecule has 0 radical (unpaired) electrons. The first kappa shape index (κ1) is 12.7. The maximum atomic E-state index is 11.0. The third kappa shape index (κ3) is 2.40. The van der Waals surface area contributed by atoms with E-state index in [1.807, 2.05) is 12.1 Å². The topological polar surface area (TPSA) is 84.5 Å². The van der Waals surface area contributed by atoms with E-state index in [-0.39, 0.29) is 0 Å². The van der Waals surface area contributed by atoms with Crippen LogP contribution in [-0.4, -0.2) is 26.0 Å². The predicted octanol–water partition coefficient (Wildman–Crippen LogP) is 2.01. The minimum absolute atomic E-state index is 0.306. The van der Waals surface area contributed by atoms with Gasteiger partial charge >= 0.3 is 0 Å². The molecule has 0 N–H and O–H groups in total. The van der Waals surface area contributed by atoms with Crippen molar-refractivity contribution in [3.63, 3.8) is 0 Å². The van der Waals surface area contributed by atoms with E-state index in [2.05, 4.69) is 15.1 Å². The van der Waals surface area contributed by atoms with Crippen LogP contribution >= 0.6 is 0 Å². The number of hydrogen-bond donors (Lipinski definition) is 0. The Balaban J connectivity index is 2.15. The zero-order chi connectivity index (χ0) is 14.7. The van der Waals surface area contributed by atoms with Gasteiger partial charge in [-0.15, -0.1) is 0 Å². The molecular formula is C15H9N5O. The summed E-state index contributed by atoms with van der Waals surface area (Å²) in [5.41, 5.74) is 2.79. The molecule has 0 saturated carbocycles. The van der Waals surface area contributed by atoms with Crippen LogP contribution in [0.3, 0.4) is 0 Å². The summed E-state index contributed by atoms with van der Waals surface area (Å²) in [6, 6.07) is 10.7. The maximum Gasteiger partial charge on any atom is 0.170 e. The van der Waals surface area contributed by atoms with Gasteiger partial charge in [0.15, 0.2) is 6.29 Å². The first-order valence-corrected chi connectivity index (χ1v) is 6.14. The Morgan fingerprint density at radius 3 is 2.76 bits per heavy atom. The molecule has 3 aromatic heterocycles. The van der Waals surface area contributed by atoms with Gasteiger partial charge in [0.2, 0.25) is 0 Å². The van der Waals surface area contributed by atoms with Crippen molar-refractivity contribution in [3.05, 3.63) is 60.2 Å². The third-order valence-electron chi connectivity index (χ3n) is 2.89. The number of aromatic nitrogens is 4. The van der Waals surface area contributed by atoms with Crippen LogP contribution < -0.4 is 0 Å². The maximum absolute atomic E-state index is 11.0. The highest BCUT2D eigenvalue weighted by molar-refractivity contribution is 5.75. The van der Waals surface area contributed by atoms with E-state index >= 15 is 0 Å². The van der Waals surface area contributed by atoms with Gasteiger partial charge in [-0.05, 0) is 30.3 Å². The van der Waals surface area contributed by atoms with Gasteiger partial charge in [-0.1, -0.05) is 0 Å². The van der Waals surface area contributed by atoms with E-state index in [1.54, 1.807) is 41.3 Å². The lowest BCUT2D eigenvalue weighted by atomic mass is 10.2. The Morgan fingerprint density at radius 2 is 2.14 bits per heavy atom. The van der Waals surface area contributed by atoms with Gasteiger partial charge in [0, 0.05) is 12.4 Å². The summed E-state index contributed by atoms with van der Waals surface area (Å²) < 4.78 is 1.60. The van der Waals surface area contributed by atoms with Gasteiger partial charge in [-0.3, -0.25) is 14.8 Å². The average Bonchev–Trinajstić information content (AvgIpc) is 3.00. The van der Waals surface area contributed by atoms with Crippen molar-refractivity contribution in [1.82, 2.24) is 19.7 Å². The van der Waals surface area contributed by atoms with E-state index in [0.717, 1.165) is 5.69 Å². The van der Waals surface area contributed by atoms with Gasteiger partial charge in [-0.25, -0.2) is 4.68 Å². The fourth-order valence-corrected chi connectivity index (χ4v) is 1.93. The van der Waals surface area contributed by atoms with Gasteiger partial charge in [0.25, 0.3) is 0 Å². The summed E-state index contributed by atoms with van der Waals surface area (Å²) in [4.78, 5) is 19.3. The molecule has 0 fully saturated rings. The molecule has 0 spiro atoms. The summed E-state index contributed by atoms with van der Waals surface area (Å²) in [5.74, 6) is 0. The normalized spacial score (nSPS) is 10.0. The summed E-state index contributed by atoms with van der Waals surface area (Å²) in [6.07, 6.45) is 5.47. The molecule has 3 heterocycles.